The van der Waals surface area contributed by atoms with Gasteiger partial charge < -0.3 is 0 Å². The van der Waals surface area contributed by atoms with Gasteiger partial charge in [0.1, 0.15) is 0 Å². The number of hydrogen-bond acceptors (Lipinski definition) is 2. The first-order valence-electron chi connectivity index (χ1n) is 4.60. The summed E-state index contributed by atoms with van der Waals surface area (Å²) in [7, 11) is 0. The molecule has 1 rings (SSSR count). The van der Waals surface area contributed by atoms with E-state index in [0.29, 0.717) is 0 Å². The van der Waals surface area contributed by atoms with Crippen LogP contribution < -0.4 is 0 Å². The lowest BCUT2D eigenvalue weighted by molar-refractivity contribution is 0.475. The monoisotopic (exact) mass is 188 g/mol. The Kier molecular flexibility index (Phi) is 3.07. The van der Waals surface area contributed by atoms with E-state index in [4.69, 9.17) is 0 Å². The summed E-state index contributed by atoms with van der Waals surface area (Å²) in [5.74, 6) is 0. The fourth-order valence-electron chi connectivity index (χ4n) is 1.30. The van der Waals surface area contributed by atoms with Crippen molar-refractivity contribution in [3.63, 3.8) is 0 Å². The maximum absolute atomic E-state index is 4.39. The predicted octanol–water partition coefficient (Wildman–Crippen LogP) is 3.23. The van der Waals surface area contributed by atoms with Crippen molar-refractivity contribution in [3.05, 3.63) is 48.4 Å². The van der Waals surface area contributed by atoms with Gasteiger partial charge in [0, 0.05) is 0 Å². The SMILES string of the molecule is C=C(C)/C(=C/C)N1N=C(C)C=CC1=C. The lowest BCUT2D eigenvalue weighted by Gasteiger charge is -2.25. The molecular weight excluding hydrogens is 172 g/mol. The molecule has 0 amide bonds. The number of allylic oxidation sites excluding steroid dienone is 4. The van der Waals surface area contributed by atoms with Crippen LogP contribution in [-0.4, -0.2) is 10.7 Å². The van der Waals surface area contributed by atoms with Crippen molar-refractivity contribution in [1.82, 2.24) is 5.01 Å². The predicted molar refractivity (Wildman–Crippen MR) is 61.8 cm³/mol. The van der Waals surface area contributed by atoms with E-state index >= 15 is 0 Å². The van der Waals surface area contributed by atoms with Gasteiger partial charge >= 0.3 is 0 Å². The standard InChI is InChI=1S/C12H16N2/c1-6-12(9(2)3)14-11(5)8-7-10(4)13-14/h6-8H,2,5H2,1,3-4H3/b12-6-. The first-order valence-corrected chi connectivity index (χ1v) is 4.60. The van der Waals surface area contributed by atoms with Crippen LogP contribution in [0.15, 0.2) is 53.5 Å². The molecule has 0 radical (unpaired) electrons. The molecule has 1 heterocycles. The number of hydrogen-bond donors (Lipinski definition) is 0. The van der Waals surface area contributed by atoms with Crippen LogP contribution >= 0.6 is 0 Å². The van der Waals surface area contributed by atoms with Gasteiger partial charge in [0.05, 0.1) is 17.1 Å². The molecule has 0 aliphatic carbocycles. The zero-order chi connectivity index (χ0) is 10.7. The molecule has 0 N–H and O–H groups in total. The van der Waals surface area contributed by atoms with Gasteiger partial charge in [-0.15, -0.1) is 0 Å². The summed E-state index contributed by atoms with van der Waals surface area (Å²) in [6.07, 6.45) is 5.89. The molecule has 0 spiro atoms. The third-order valence-electron chi connectivity index (χ3n) is 1.99. The summed E-state index contributed by atoms with van der Waals surface area (Å²) in [4.78, 5) is 0. The lowest BCUT2D eigenvalue weighted by Crippen LogP contribution is -2.19. The van der Waals surface area contributed by atoms with Gasteiger partial charge in [0.25, 0.3) is 0 Å². The second kappa shape index (κ2) is 4.09. The summed E-state index contributed by atoms with van der Waals surface area (Å²) in [6.45, 7) is 13.7. The first-order chi connectivity index (χ1) is 6.56. The van der Waals surface area contributed by atoms with Crippen LogP contribution in [0.4, 0.5) is 0 Å². The first kappa shape index (κ1) is 10.5. The summed E-state index contributed by atoms with van der Waals surface area (Å²) in [5, 5.41) is 6.21. The zero-order valence-electron chi connectivity index (χ0n) is 9.04. The van der Waals surface area contributed by atoms with Crippen molar-refractivity contribution in [3.8, 4) is 0 Å². The third kappa shape index (κ3) is 2.02. The largest absolute Gasteiger partial charge is 0.234 e. The zero-order valence-corrected chi connectivity index (χ0v) is 9.04. The maximum Gasteiger partial charge on any atom is 0.0633 e. The smallest absolute Gasteiger partial charge is 0.0633 e. The Labute approximate surface area is 85.6 Å². The minimum absolute atomic E-state index is 0.867. The molecule has 0 fully saturated rings. The van der Waals surface area contributed by atoms with Crippen molar-refractivity contribution in [2.45, 2.75) is 20.8 Å². The highest BCUT2D eigenvalue weighted by atomic mass is 15.5. The Balaban J connectivity index is 3.04. The van der Waals surface area contributed by atoms with Crippen molar-refractivity contribution < 1.29 is 0 Å². The van der Waals surface area contributed by atoms with Crippen LogP contribution in [0.2, 0.25) is 0 Å². The molecule has 0 unspecified atom stereocenters. The Morgan fingerprint density at radius 3 is 2.64 bits per heavy atom. The minimum Gasteiger partial charge on any atom is -0.234 e. The van der Waals surface area contributed by atoms with E-state index in [9.17, 15) is 0 Å². The summed E-state index contributed by atoms with van der Waals surface area (Å²) in [5.41, 5.74) is 3.82. The van der Waals surface area contributed by atoms with Gasteiger partial charge in [-0.1, -0.05) is 19.2 Å². The van der Waals surface area contributed by atoms with Gasteiger partial charge in [-0.2, -0.15) is 5.10 Å². The normalized spacial score (nSPS) is 17.1. The van der Waals surface area contributed by atoms with E-state index in [1.807, 2.05) is 44.0 Å². The maximum atomic E-state index is 4.39. The Bertz CT molecular complexity index is 357. The van der Waals surface area contributed by atoms with Gasteiger partial charge in [0.15, 0.2) is 0 Å². The molecule has 0 aromatic carbocycles. The van der Waals surface area contributed by atoms with Gasteiger partial charge in [-0.3, -0.25) is 0 Å². The Hall–Kier alpha value is -1.57. The third-order valence-corrected chi connectivity index (χ3v) is 1.99. The fourth-order valence-corrected chi connectivity index (χ4v) is 1.30. The molecule has 1 aliphatic rings. The molecule has 0 saturated carbocycles. The molecule has 2 nitrogen and oxygen atoms in total. The highest BCUT2D eigenvalue weighted by Crippen LogP contribution is 2.22. The molecule has 0 aromatic heterocycles. The number of nitrogens with zero attached hydrogens (tertiary/aromatic N) is 2. The lowest BCUT2D eigenvalue weighted by atomic mass is 10.2. The Morgan fingerprint density at radius 1 is 1.50 bits per heavy atom. The molecule has 1 aliphatic heterocycles. The number of rotatable bonds is 2. The molecular formula is C12H16N2. The highest BCUT2D eigenvalue weighted by molar-refractivity contribution is 5.93. The van der Waals surface area contributed by atoms with Crippen molar-refractivity contribution in [1.29, 1.82) is 0 Å². The second-order valence-electron chi connectivity index (χ2n) is 3.33. The van der Waals surface area contributed by atoms with Crippen LogP contribution in [0.5, 0.6) is 0 Å². The summed E-state index contributed by atoms with van der Waals surface area (Å²) in [6, 6.07) is 0. The van der Waals surface area contributed by atoms with E-state index < -0.39 is 0 Å². The van der Waals surface area contributed by atoms with E-state index in [-0.39, 0.29) is 0 Å². The van der Waals surface area contributed by atoms with Crippen molar-refractivity contribution >= 4 is 5.71 Å². The Morgan fingerprint density at radius 2 is 2.14 bits per heavy atom. The molecule has 14 heavy (non-hydrogen) atoms. The number of hydrazone groups is 1. The van der Waals surface area contributed by atoms with E-state index in [1.54, 1.807) is 0 Å². The second-order valence-corrected chi connectivity index (χ2v) is 3.33. The van der Waals surface area contributed by atoms with Gasteiger partial charge in [0.2, 0.25) is 0 Å². The minimum atomic E-state index is 0.867. The summed E-state index contributed by atoms with van der Waals surface area (Å²) < 4.78 is 0. The quantitative estimate of drug-likeness (QED) is 0.607. The summed E-state index contributed by atoms with van der Waals surface area (Å²) >= 11 is 0. The van der Waals surface area contributed by atoms with Crippen LogP contribution in [0, 0.1) is 0 Å². The van der Waals surface area contributed by atoms with Crippen LogP contribution in [0.25, 0.3) is 0 Å². The molecule has 0 aromatic rings. The van der Waals surface area contributed by atoms with Crippen molar-refractivity contribution in [2.24, 2.45) is 5.10 Å². The van der Waals surface area contributed by atoms with E-state index in [1.165, 1.54) is 0 Å². The average molecular weight is 188 g/mol. The van der Waals surface area contributed by atoms with Gasteiger partial charge in [-0.05, 0) is 38.5 Å². The highest BCUT2D eigenvalue weighted by Gasteiger charge is 2.13. The average Bonchev–Trinajstić information content (AvgIpc) is 2.11. The van der Waals surface area contributed by atoms with E-state index in [0.717, 1.165) is 22.7 Å². The van der Waals surface area contributed by atoms with Crippen molar-refractivity contribution in [2.75, 3.05) is 0 Å². The molecule has 74 valence electrons. The topological polar surface area (TPSA) is 15.6 Å². The molecule has 0 atom stereocenters. The fraction of sp³-hybridized carbons (Fsp3) is 0.250. The van der Waals surface area contributed by atoms with Crippen LogP contribution in [0.1, 0.15) is 20.8 Å². The van der Waals surface area contributed by atoms with Crippen LogP contribution in [-0.2, 0) is 0 Å². The molecule has 0 saturated heterocycles. The molecule has 2 heteroatoms. The van der Waals surface area contributed by atoms with Crippen LogP contribution in [0.3, 0.4) is 0 Å². The van der Waals surface area contributed by atoms with Gasteiger partial charge in [-0.25, -0.2) is 5.01 Å². The van der Waals surface area contributed by atoms with E-state index in [2.05, 4.69) is 18.3 Å². The molecule has 0 bridgehead atoms.